The molecular formula is C16H32BN3O4. The van der Waals surface area contributed by atoms with Gasteiger partial charge in [-0.05, 0) is 31.1 Å². The summed E-state index contributed by atoms with van der Waals surface area (Å²) < 4.78 is 0. The summed E-state index contributed by atoms with van der Waals surface area (Å²) in [6, 6.07) is -0.644. The zero-order valence-corrected chi connectivity index (χ0v) is 15.5. The second kappa shape index (κ2) is 8.31. The smallest absolute Gasteiger partial charge is 0.426 e. The molecule has 2 amide bonds. The number of amides is 2. The minimum atomic E-state index is -1.63. The van der Waals surface area contributed by atoms with E-state index in [-0.39, 0.29) is 23.7 Å². The summed E-state index contributed by atoms with van der Waals surface area (Å²) in [5.74, 6) is -1.11. The Morgan fingerprint density at radius 3 is 2.33 bits per heavy atom. The lowest BCUT2D eigenvalue weighted by molar-refractivity contribution is -0.141. The summed E-state index contributed by atoms with van der Waals surface area (Å²) in [7, 11) is -1.63. The number of hydrogen-bond donors (Lipinski definition) is 4. The van der Waals surface area contributed by atoms with E-state index in [1.165, 1.54) is 0 Å². The van der Waals surface area contributed by atoms with Gasteiger partial charge in [-0.2, -0.15) is 0 Å². The summed E-state index contributed by atoms with van der Waals surface area (Å²) in [6.45, 7) is 9.99. The van der Waals surface area contributed by atoms with Crippen LogP contribution < -0.4 is 11.1 Å². The van der Waals surface area contributed by atoms with Crippen LogP contribution in [0.15, 0.2) is 0 Å². The van der Waals surface area contributed by atoms with E-state index in [0.717, 1.165) is 0 Å². The van der Waals surface area contributed by atoms with Gasteiger partial charge in [0.2, 0.25) is 11.8 Å². The molecule has 0 aromatic rings. The highest BCUT2D eigenvalue weighted by Crippen LogP contribution is 2.30. The van der Waals surface area contributed by atoms with Gasteiger partial charge in [0.15, 0.2) is 0 Å². The van der Waals surface area contributed by atoms with E-state index in [2.05, 4.69) is 5.32 Å². The fourth-order valence-corrected chi connectivity index (χ4v) is 3.10. The molecule has 1 rings (SSSR count). The number of carbonyl (C=O) groups is 2. The Kier molecular flexibility index (Phi) is 7.25. The van der Waals surface area contributed by atoms with E-state index in [9.17, 15) is 19.6 Å². The molecule has 138 valence electrons. The normalized spacial score (nSPS) is 23.8. The molecule has 1 unspecified atom stereocenters. The highest BCUT2D eigenvalue weighted by molar-refractivity contribution is 6.43. The zero-order chi connectivity index (χ0) is 18.7. The highest BCUT2D eigenvalue weighted by atomic mass is 16.4. The molecule has 3 atom stereocenters. The number of rotatable bonds is 8. The van der Waals surface area contributed by atoms with Crippen molar-refractivity contribution >= 4 is 18.9 Å². The Hall–Kier alpha value is -1.12. The number of likely N-dealkylation sites (tertiary alicyclic amines) is 1. The topological polar surface area (TPSA) is 116 Å². The van der Waals surface area contributed by atoms with E-state index >= 15 is 0 Å². The van der Waals surface area contributed by atoms with Gasteiger partial charge in [0.1, 0.15) is 6.04 Å². The van der Waals surface area contributed by atoms with Crippen molar-refractivity contribution in [2.24, 2.45) is 17.6 Å². The van der Waals surface area contributed by atoms with Crippen LogP contribution in [0.4, 0.5) is 0 Å². The molecule has 1 fully saturated rings. The maximum Gasteiger partial charge on any atom is 0.475 e. The predicted molar refractivity (Wildman–Crippen MR) is 93.7 cm³/mol. The molecule has 0 bridgehead atoms. The Labute approximate surface area is 145 Å². The molecular weight excluding hydrogens is 309 g/mol. The van der Waals surface area contributed by atoms with Crippen LogP contribution in [-0.4, -0.2) is 57.9 Å². The lowest BCUT2D eigenvalue weighted by atomic mass is 9.77. The molecule has 0 saturated carbocycles. The lowest BCUT2D eigenvalue weighted by Crippen LogP contribution is -2.58. The molecule has 1 aliphatic rings. The van der Waals surface area contributed by atoms with Crippen LogP contribution in [-0.2, 0) is 9.59 Å². The van der Waals surface area contributed by atoms with Crippen LogP contribution >= 0.6 is 0 Å². The molecule has 0 spiro atoms. The van der Waals surface area contributed by atoms with Gasteiger partial charge in [0.05, 0.1) is 11.5 Å². The van der Waals surface area contributed by atoms with Gasteiger partial charge in [0, 0.05) is 6.54 Å². The molecule has 0 aromatic heterocycles. The number of hydrogen-bond acceptors (Lipinski definition) is 5. The zero-order valence-electron chi connectivity index (χ0n) is 15.5. The minimum Gasteiger partial charge on any atom is -0.426 e. The highest BCUT2D eigenvalue weighted by Gasteiger charge is 2.49. The average molecular weight is 341 g/mol. The van der Waals surface area contributed by atoms with Gasteiger partial charge in [-0.3, -0.25) is 9.59 Å². The molecule has 0 aromatic carbocycles. The van der Waals surface area contributed by atoms with Gasteiger partial charge < -0.3 is 26.0 Å². The number of nitrogens with two attached hydrogens (primary N) is 1. The van der Waals surface area contributed by atoms with Gasteiger partial charge in [-0.15, -0.1) is 0 Å². The van der Waals surface area contributed by atoms with Crippen molar-refractivity contribution in [3.63, 3.8) is 0 Å². The van der Waals surface area contributed by atoms with Crippen LogP contribution in [0.1, 0.15) is 53.9 Å². The molecule has 7 nitrogen and oxygen atoms in total. The lowest BCUT2D eigenvalue weighted by Gasteiger charge is -2.32. The number of nitrogens with one attached hydrogen (secondary N) is 1. The number of carbonyl (C=O) groups excluding carboxylic acids is 2. The van der Waals surface area contributed by atoms with Crippen LogP contribution in [0.3, 0.4) is 0 Å². The second-order valence-corrected chi connectivity index (χ2v) is 7.53. The average Bonchev–Trinajstić information content (AvgIpc) is 2.79. The first-order chi connectivity index (χ1) is 11.0. The standard InChI is InChI=1S/C16H32BN3O4/c1-6-13(17(23)24)19-14(21)12(9-10(2)3)20-8-7-16(18,11(4)5)15(20)22/h10-13,23-24H,6-9,18H2,1-5H3,(H,19,21)/t12-,13-,16?/m0/s1. The van der Waals surface area contributed by atoms with Gasteiger partial charge in [-0.1, -0.05) is 34.6 Å². The fraction of sp³-hybridized carbons (Fsp3) is 0.875. The number of nitrogens with zero attached hydrogens (tertiary/aromatic N) is 1. The van der Waals surface area contributed by atoms with Gasteiger partial charge in [-0.25, -0.2) is 0 Å². The van der Waals surface area contributed by atoms with Crippen LogP contribution in [0.5, 0.6) is 0 Å². The quantitative estimate of drug-likeness (QED) is 0.460. The van der Waals surface area contributed by atoms with Gasteiger partial charge >= 0.3 is 7.12 Å². The summed E-state index contributed by atoms with van der Waals surface area (Å²) in [5.41, 5.74) is 5.34. The molecule has 0 aliphatic carbocycles. The first kappa shape index (κ1) is 20.9. The van der Waals surface area contributed by atoms with Gasteiger partial charge in [0.25, 0.3) is 0 Å². The second-order valence-electron chi connectivity index (χ2n) is 7.53. The minimum absolute atomic E-state index is 0.0135. The Morgan fingerprint density at radius 1 is 1.38 bits per heavy atom. The maximum atomic E-state index is 12.8. The Bertz CT molecular complexity index is 459. The van der Waals surface area contributed by atoms with Crippen molar-refractivity contribution in [2.75, 3.05) is 6.54 Å². The van der Waals surface area contributed by atoms with Crippen molar-refractivity contribution in [1.29, 1.82) is 0 Å². The Morgan fingerprint density at radius 2 is 1.96 bits per heavy atom. The van der Waals surface area contributed by atoms with Crippen molar-refractivity contribution < 1.29 is 19.6 Å². The SMILES string of the molecule is CC[C@H](NC(=O)[C@H](CC(C)C)N1CCC(N)(C(C)C)C1=O)B(O)O. The molecule has 5 N–H and O–H groups in total. The fourth-order valence-electron chi connectivity index (χ4n) is 3.10. The molecule has 1 aliphatic heterocycles. The van der Waals surface area contributed by atoms with Crippen LogP contribution in [0.25, 0.3) is 0 Å². The third-order valence-electron chi connectivity index (χ3n) is 4.96. The summed E-state index contributed by atoms with van der Waals surface area (Å²) >= 11 is 0. The van der Waals surface area contributed by atoms with E-state index in [4.69, 9.17) is 5.73 Å². The summed E-state index contributed by atoms with van der Waals surface area (Å²) in [5, 5.41) is 21.3. The molecule has 1 saturated heterocycles. The molecule has 0 radical (unpaired) electrons. The van der Waals surface area contributed by atoms with E-state index in [0.29, 0.717) is 25.8 Å². The van der Waals surface area contributed by atoms with Crippen molar-refractivity contribution in [2.45, 2.75) is 71.4 Å². The van der Waals surface area contributed by atoms with Crippen molar-refractivity contribution in [3.05, 3.63) is 0 Å². The molecule has 8 heteroatoms. The monoisotopic (exact) mass is 341 g/mol. The van der Waals surface area contributed by atoms with E-state index in [1.54, 1.807) is 11.8 Å². The first-order valence-electron chi connectivity index (χ1n) is 8.81. The van der Waals surface area contributed by atoms with Crippen LogP contribution in [0.2, 0.25) is 0 Å². The largest absolute Gasteiger partial charge is 0.475 e. The van der Waals surface area contributed by atoms with Crippen LogP contribution in [0, 0.1) is 11.8 Å². The third kappa shape index (κ3) is 4.49. The molecule has 24 heavy (non-hydrogen) atoms. The third-order valence-corrected chi connectivity index (χ3v) is 4.96. The first-order valence-corrected chi connectivity index (χ1v) is 8.81. The van der Waals surface area contributed by atoms with E-state index in [1.807, 2.05) is 27.7 Å². The molecule has 1 heterocycles. The predicted octanol–water partition coefficient (Wildman–Crippen LogP) is -0.106. The van der Waals surface area contributed by atoms with Crippen molar-refractivity contribution in [3.8, 4) is 0 Å². The summed E-state index contributed by atoms with van der Waals surface area (Å²) in [6.07, 6.45) is 1.41. The summed E-state index contributed by atoms with van der Waals surface area (Å²) in [4.78, 5) is 27.1. The van der Waals surface area contributed by atoms with E-state index < -0.39 is 24.6 Å². The maximum absolute atomic E-state index is 12.8. The Balaban J connectivity index is 2.98. The van der Waals surface area contributed by atoms with Crippen molar-refractivity contribution in [1.82, 2.24) is 10.2 Å².